The highest BCUT2D eigenvalue weighted by atomic mass is 16.5. The Morgan fingerprint density at radius 1 is 1.00 bits per heavy atom. The quantitative estimate of drug-likeness (QED) is 0.269. The molecule has 1 fully saturated rings. The average Bonchev–Trinajstić information content (AvgIpc) is 3.10. The maximum atomic E-state index is 13.1. The number of esters is 1. The lowest BCUT2D eigenvalue weighted by molar-refractivity contribution is -0.139. The van der Waals surface area contributed by atoms with E-state index in [0.717, 1.165) is 0 Å². The number of aromatic nitrogens is 1. The molecule has 2 N–H and O–H groups in total. The molecule has 8 nitrogen and oxygen atoms in total. The lowest BCUT2D eigenvalue weighted by atomic mass is 9.95. The molecule has 2 heterocycles. The van der Waals surface area contributed by atoms with E-state index in [9.17, 15) is 24.6 Å². The third-order valence-electron chi connectivity index (χ3n) is 5.40. The predicted molar refractivity (Wildman–Crippen MR) is 119 cm³/mol. The lowest BCUT2D eigenvalue weighted by Crippen LogP contribution is -2.29. The first-order valence-electron chi connectivity index (χ1n) is 10.1. The van der Waals surface area contributed by atoms with Crippen molar-refractivity contribution in [3.63, 3.8) is 0 Å². The molecule has 4 rings (SSSR count). The number of phenols is 1. The van der Waals surface area contributed by atoms with Crippen molar-refractivity contribution in [3.8, 4) is 5.75 Å². The molecule has 1 unspecified atom stereocenters. The molecule has 33 heavy (non-hydrogen) atoms. The summed E-state index contributed by atoms with van der Waals surface area (Å²) in [6.07, 6.45) is 3.01. The molecule has 1 amide bonds. The number of phenolic OH excluding ortho intramolecular Hbond substituents is 1. The summed E-state index contributed by atoms with van der Waals surface area (Å²) in [7, 11) is 1.30. The van der Waals surface area contributed by atoms with E-state index in [-0.39, 0.29) is 23.5 Å². The fourth-order valence-electron chi connectivity index (χ4n) is 3.75. The number of methoxy groups -OCH3 is 1. The van der Waals surface area contributed by atoms with Crippen LogP contribution in [-0.2, 0) is 25.5 Å². The van der Waals surface area contributed by atoms with Gasteiger partial charge in [0.25, 0.3) is 11.7 Å². The Bertz CT molecular complexity index is 1230. The van der Waals surface area contributed by atoms with Crippen molar-refractivity contribution >= 4 is 29.1 Å². The van der Waals surface area contributed by atoms with Crippen molar-refractivity contribution in [2.45, 2.75) is 12.5 Å². The van der Waals surface area contributed by atoms with Crippen LogP contribution in [0.15, 0.2) is 78.6 Å². The number of benzene rings is 2. The molecule has 1 aliphatic heterocycles. The molecule has 1 aromatic heterocycles. The molecule has 166 valence electrons. The number of rotatable bonds is 5. The van der Waals surface area contributed by atoms with Crippen molar-refractivity contribution in [3.05, 3.63) is 95.3 Å². The van der Waals surface area contributed by atoms with Gasteiger partial charge in [0.2, 0.25) is 0 Å². The molecule has 0 bridgehead atoms. The lowest BCUT2D eigenvalue weighted by Gasteiger charge is -2.25. The SMILES string of the molecule is COC(=O)Cc1ccc(N2C(=O)C(=O)/C(=C(\O)c3ccncc3)C2c2ccc(O)cc2)cc1. The van der Waals surface area contributed by atoms with Crippen molar-refractivity contribution in [1.29, 1.82) is 0 Å². The molecule has 0 spiro atoms. The number of ether oxygens (including phenoxy) is 1. The van der Waals surface area contributed by atoms with Crippen LogP contribution in [0.1, 0.15) is 22.7 Å². The second kappa shape index (κ2) is 8.96. The van der Waals surface area contributed by atoms with Gasteiger partial charge in [-0.3, -0.25) is 24.3 Å². The van der Waals surface area contributed by atoms with E-state index in [1.165, 1.54) is 48.7 Å². The summed E-state index contributed by atoms with van der Waals surface area (Å²) in [5.74, 6) is -2.33. The van der Waals surface area contributed by atoms with E-state index in [2.05, 4.69) is 9.72 Å². The molecule has 1 aliphatic rings. The first-order chi connectivity index (χ1) is 15.9. The Balaban J connectivity index is 1.83. The van der Waals surface area contributed by atoms with Crippen LogP contribution >= 0.6 is 0 Å². The van der Waals surface area contributed by atoms with Gasteiger partial charge in [0, 0.05) is 23.6 Å². The van der Waals surface area contributed by atoms with E-state index >= 15 is 0 Å². The van der Waals surface area contributed by atoms with Gasteiger partial charge in [-0.1, -0.05) is 24.3 Å². The number of amides is 1. The van der Waals surface area contributed by atoms with Crippen LogP contribution in [0.2, 0.25) is 0 Å². The number of hydrogen-bond acceptors (Lipinski definition) is 7. The zero-order valence-corrected chi connectivity index (χ0v) is 17.6. The monoisotopic (exact) mass is 444 g/mol. The van der Waals surface area contributed by atoms with Crippen molar-refractivity contribution in [2.24, 2.45) is 0 Å². The van der Waals surface area contributed by atoms with Crippen LogP contribution in [0.25, 0.3) is 5.76 Å². The minimum absolute atomic E-state index is 0.0250. The normalized spacial score (nSPS) is 17.2. The number of nitrogens with zero attached hydrogens (tertiary/aromatic N) is 2. The van der Waals surface area contributed by atoms with Gasteiger partial charge in [-0.05, 0) is 47.5 Å². The highest BCUT2D eigenvalue weighted by Gasteiger charge is 2.46. The van der Waals surface area contributed by atoms with Crippen LogP contribution in [0.4, 0.5) is 5.69 Å². The van der Waals surface area contributed by atoms with E-state index < -0.39 is 23.7 Å². The summed E-state index contributed by atoms with van der Waals surface area (Å²) < 4.78 is 4.68. The number of aromatic hydroxyl groups is 1. The van der Waals surface area contributed by atoms with E-state index in [1.54, 1.807) is 36.4 Å². The van der Waals surface area contributed by atoms with E-state index in [0.29, 0.717) is 22.4 Å². The number of pyridine rings is 1. The van der Waals surface area contributed by atoms with Gasteiger partial charge in [0.15, 0.2) is 0 Å². The molecule has 8 heteroatoms. The smallest absolute Gasteiger partial charge is 0.309 e. The predicted octanol–water partition coefficient (Wildman–Crippen LogP) is 3.13. The van der Waals surface area contributed by atoms with E-state index in [4.69, 9.17) is 0 Å². The third kappa shape index (κ3) is 4.18. The first kappa shape index (κ1) is 21.8. The van der Waals surface area contributed by atoms with Gasteiger partial charge in [0.1, 0.15) is 11.5 Å². The van der Waals surface area contributed by atoms with Gasteiger partial charge in [0.05, 0.1) is 25.1 Å². The molecule has 3 aromatic rings. The summed E-state index contributed by atoms with van der Waals surface area (Å²) in [6, 6.07) is 14.8. The number of carbonyl (C=O) groups excluding carboxylic acids is 3. The summed E-state index contributed by atoms with van der Waals surface area (Å²) in [6.45, 7) is 0. The minimum Gasteiger partial charge on any atom is -0.508 e. The summed E-state index contributed by atoms with van der Waals surface area (Å²) in [5.41, 5.74) is 1.90. The topological polar surface area (TPSA) is 117 Å². The van der Waals surface area contributed by atoms with Crippen LogP contribution in [-0.4, -0.2) is 40.0 Å². The fraction of sp³-hybridized carbons (Fsp3) is 0.120. The summed E-state index contributed by atoms with van der Waals surface area (Å²) in [5, 5.41) is 20.7. The minimum atomic E-state index is -0.926. The van der Waals surface area contributed by atoms with Gasteiger partial charge in [-0.15, -0.1) is 0 Å². The number of Topliss-reactive ketones (excluding diaryl/α,β-unsaturated/α-hetero) is 1. The zero-order valence-electron chi connectivity index (χ0n) is 17.6. The van der Waals surface area contributed by atoms with Gasteiger partial charge >= 0.3 is 5.97 Å². The Labute approximate surface area is 189 Å². The van der Waals surface area contributed by atoms with Crippen molar-refractivity contribution in [2.75, 3.05) is 12.0 Å². The molecular formula is C25H20N2O6. The number of ketones is 1. The Morgan fingerprint density at radius 3 is 2.24 bits per heavy atom. The number of aliphatic hydroxyl groups is 1. The van der Waals surface area contributed by atoms with Crippen LogP contribution in [0, 0.1) is 0 Å². The summed E-state index contributed by atoms with van der Waals surface area (Å²) in [4.78, 5) is 42.9. The van der Waals surface area contributed by atoms with Gasteiger partial charge < -0.3 is 14.9 Å². The number of carbonyl (C=O) groups is 3. The highest BCUT2D eigenvalue weighted by Crippen LogP contribution is 2.42. The Kier molecular flexibility index (Phi) is 5.91. The molecule has 1 saturated heterocycles. The molecule has 1 atom stereocenters. The third-order valence-corrected chi connectivity index (χ3v) is 5.40. The molecule has 0 saturated carbocycles. The van der Waals surface area contributed by atoms with Crippen LogP contribution < -0.4 is 4.90 Å². The number of hydrogen-bond donors (Lipinski definition) is 2. The molecule has 0 radical (unpaired) electrons. The molecule has 0 aliphatic carbocycles. The summed E-state index contributed by atoms with van der Waals surface area (Å²) >= 11 is 0. The number of anilines is 1. The maximum absolute atomic E-state index is 13.1. The second-order valence-corrected chi connectivity index (χ2v) is 7.42. The zero-order chi connectivity index (χ0) is 23.5. The maximum Gasteiger partial charge on any atom is 0.309 e. The van der Waals surface area contributed by atoms with Crippen LogP contribution in [0.3, 0.4) is 0 Å². The van der Waals surface area contributed by atoms with Gasteiger partial charge in [-0.25, -0.2) is 0 Å². The Morgan fingerprint density at radius 2 is 1.64 bits per heavy atom. The van der Waals surface area contributed by atoms with Crippen molar-refractivity contribution in [1.82, 2.24) is 4.98 Å². The largest absolute Gasteiger partial charge is 0.508 e. The van der Waals surface area contributed by atoms with Crippen molar-refractivity contribution < 1.29 is 29.3 Å². The second-order valence-electron chi connectivity index (χ2n) is 7.42. The van der Waals surface area contributed by atoms with Crippen LogP contribution in [0.5, 0.6) is 5.75 Å². The van der Waals surface area contributed by atoms with Gasteiger partial charge in [-0.2, -0.15) is 0 Å². The highest BCUT2D eigenvalue weighted by molar-refractivity contribution is 6.51. The van der Waals surface area contributed by atoms with E-state index in [1.807, 2.05) is 0 Å². The standard InChI is InChI=1S/C25H20N2O6/c1-33-20(29)14-15-2-6-18(7-3-15)27-22(16-4-8-19(28)9-5-16)21(24(31)25(27)32)23(30)17-10-12-26-13-11-17/h2-13,22,28,30H,14H2,1H3/b23-21-. The molecular weight excluding hydrogens is 424 g/mol. The average molecular weight is 444 g/mol. The Hall–Kier alpha value is -4.46. The molecule has 2 aromatic carbocycles. The number of aliphatic hydroxyl groups excluding tert-OH is 1. The fourth-order valence-corrected chi connectivity index (χ4v) is 3.75. The first-order valence-corrected chi connectivity index (χ1v) is 10.1.